The van der Waals surface area contributed by atoms with Crippen molar-refractivity contribution < 1.29 is 24.2 Å². The van der Waals surface area contributed by atoms with Gasteiger partial charge in [-0.05, 0) is 47.9 Å². The van der Waals surface area contributed by atoms with Crippen LogP contribution in [0.3, 0.4) is 0 Å². The first kappa shape index (κ1) is 23.4. The molecule has 0 radical (unpaired) electrons. The molecule has 0 fully saturated rings. The second-order valence-corrected chi connectivity index (χ2v) is 8.80. The summed E-state index contributed by atoms with van der Waals surface area (Å²) in [4.78, 5) is 36.9. The predicted molar refractivity (Wildman–Crippen MR) is 130 cm³/mol. The molecule has 0 aliphatic heterocycles. The van der Waals surface area contributed by atoms with Crippen LogP contribution in [0.4, 0.5) is 0 Å². The van der Waals surface area contributed by atoms with E-state index in [1.165, 1.54) is 13.8 Å². The number of rotatable bonds is 8. The van der Waals surface area contributed by atoms with Gasteiger partial charge in [0, 0.05) is 13.8 Å². The summed E-state index contributed by atoms with van der Waals surface area (Å²) in [6.45, 7) is 4.76. The lowest BCUT2D eigenvalue weighted by molar-refractivity contribution is -0.390. The first-order valence-corrected chi connectivity index (χ1v) is 11.5. The Kier molecular flexibility index (Phi) is 7.20. The molecular weight excluding hydrogens is 452 g/mol. The Labute approximate surface area is 201 Å². The Bertz CT molecular complexity index is 1250. The fourth-order valence-electron chi connectivity index (χ4n) is 3.44. The Morgan fingerprint density at radius 1 is 0.941 bits per heavy atom. The van der Waals surface area contributed by atoms with Crippen LogP contribution >= 0.6 is 11.3 Å². The number of fused-ring (bicyclic) bond motifs is 1. The lowest BCUT2D eigenvalue weighted by atomic mass is 10.0. The highest BCUT2D eigenvalue weighted by Gasteiger charge is 2.22. The molecule has 0 spiro atoms. The molecule has 0 saturated heterocycles. The SMILES string of the molecule is CC(=O)OON(C(C)=O)C(C)c1ccc(-c2ccc(OCc3nc4ccccc4s3)cc2)cc1. The van der Waals surface area contributed by atoms with Crippen molar-refractivity contribution in [3.05, 3.63) is 83.4 Å². The Morgan fingerprint density at radius 3 is 2.21 bits per heavy atom. The van der Waals surface area contributed by atoms with Crippen LogP contribution in [0.25, 0.3) is 21.3 Å². The third kappa shape index (κ3) is 5.59. The molecule has 0 aliphatic carbocycles. The largest absolute Gasteiger partial charge is 0.486 e. The zero-order chi connectivity index (χ0) is 24.1. The van der Waals surface area contributed by atoms with Gasteiger partial charge >= 0.3 is 5.97 Å². The molecule has 1 aromatic heterocycles. The topological polar surface area (TPSA) is 78.0 Å². The van der Waals surface area contributed by atoms with E-state index >= 15 is 0 Å². The van der Waals surface area contributed by atoms with Crippen molar-refractivity contribution in [1.82, 2.24) is 10.0 Å². The van der Waals surface area contributed by atoms with Crippen LogP contribution in [0.5, 0.6) is 5.75 Å². The quantitative estimate of drug-likeness (QED) is 0.234. The Morgan fingerprint density at radius 2 is 1.59 bits per heavy atom. The second kappa shape index (κ2) is 10.5. The molecule has 1 amide bonds. The van der Waals surface area contributed by atoms with Crippen LogP contribution in [0, 0.1) is 0 Å². The van der Waals surface area contributed by atoms with Crippen LogP contribution in [0.2, 0.25) is 0 Å². The number of carbonyl (C=O) groups excluding carboxylic acids is 2. The number of hydroxylamine groups is 2. The van der Waals surface area contributed by atoms with Gasteiger partial charge in [0.25, 0.3) is 0 Å². The van der Waals surface area contributed by atoms with Crippen molar-refractivity contribution in [3.8, 4) is 16.9 Å². The molecule has 0 saturated carbocycles. The van der Waals surface area contributed by atoms with Gasteiger partial charge < -0.3 is 4.74 Å². The summed E-state index contributed by atoms with van der Waals surface area (Å²) >= 11 is 1.63. The minimum Gasteiger partial charge on any atom is -0.486 e. The van der Waals surface area contributed by atoms with Crippen molar-refractivity contribution in [1.29, 1.82) is 0 Å². The van der Waals surface area contributed by atoms with E-state index in [4.69, 9.17) is 9.73 Å². The molecule has 4 aromatic rings. The van der Waals surface area contributed by atoms with Crippen molar-refractivity contribution in [2.24, 2.45) is 0 Å². The van der Waals surface area contributed by atoms with E-state index in [0.29, 0.717) is 6.61 Å². The van der Waals surface area contributed by atoms with Crippen molar-refractivity contribution in [2.75, 3.05) is 0 Å². The number of amides is 1. The monoisotopic (exact) mass is 476 g/mol. The van der Waals surface area contributed by atoms with Gasteiger partial charge in [-0.1, -0.05) is 53.5 Å². The maximum atomic E-state index is 11.9. The van der Waals surface area contributed by atoms with Gasteiger partial charge in [-0.25, -0.2) is 9.78 Å². The lowest BCUT2D eigenvalue weighted by Gasteiger charge is -2.24. The summed E-state index contributed by atoms with van der Waals surface area (Å²) in [5.74, 6) is -0.242. The average Bonchev–Trinajstić information content (AvgIpc) is 3.26. The number of carbonyl (C=O) groups is 2. The smallest absolute Gasteiger partial charge is 0.342 e. The molecule has 0 bridgehead atoms. The fourth-order valence-corrected chi connectivity index (χ4v) is 4.32. The molecule has 34 heavy (non-hydrogen) atoms. The summed E-state index contributed by atoms with van der Waals surface area (Å²) in [6, 6.07) is 23.2. The van der Waals surface area contributed by atoms with Crippen LogP contribution in [-0.2, 0) is 26.1 Å². The molecule has 1 atom stereocenters. The Balaban J connectivity index is 1.39. The number of ether oxygens (including phenoxy) is 1. The number of thiazole rings is 1. The second-order valence-electron chi connectivity index (χ2n) is 7.68. The van der Waals surface area contributed by atoms with Crippen molar-refractivity contribution in [2.45, 2.75) is 33.4 Å². The third-order valence-corrected chi connectivity index (χ3v) is 6.19. The number of para-hydroxylation sites is 1. The highest BCUT2D eigenvalue weighted by molar-refractivity contribution is 7.18. The number of benzene rings is 3. The first-order valence-electron chi connectivity index (χ1n) is 10.7. The Hall–Kier alpha value is -3.75. The molecule has 0 N–H and O–H groups in total. The number of nitrogens with zero attached hydrogens (tertiary/aromatic N) is 2. The van der Waals surface area contributed by atoms with E-state index in [0.717, 1.165) is 42.7 Å². The van der Waals surface area contributed by atoms with Gasteiger partial charge in [-0.3, -0.25) is 9.68 Å². The van der Waals surface area contributed by atoms with E-state index < -0.39 is 12.0 Å². The molecule has 174 valence electrons. The molecule has 1 unspecified atom stereocenters. The van der Waals surface area contributed by atoms with Crippen LogP contribution < -0.4 is 4.74 Å². The van der Waals surface area contributed by atoms with E-state index in [9.17, 15) is 9.59 Å². The fraction of sp³-hybridized carbons (Fsp3) is 0.192. The maximum absolute atomic E-state index is 11.9. The summed E-state index contributed by atoms with van der Waals surface area (Å²) < 4.78 is 7.06. The highest BCUT2D eigenvalue weighted by Crippen LogP contribution is 2.28. The van der Waals surface area contributed by atoms with Crippen LogP contribution in [0.15, 0.2) is 72.8 Å². The van der Waals surface area contributed by atoms with E-state index in [-0.39, 0.29) is 5.91 Å². The van der Waals surface area contributed by atoms with Crippen molar-refractivity contribution in [3.63, 3.8) is 0 Å². The van der Waals surface area contributed by atoms with Crippen molar-refractivity contribution >= 4 is 33.4 Å². The summed E-state index contributed by atoms with van der Waals surface area (Å²) in [5, 5.41) is 1.96. The molecule has 8 heteroatoms. The van der Waals surface area contributed by atoms with Gasteiger partial charge in [0.15, 0.2) is 0 Å². The standard InChI is InChI=1S/C26H24N2O5S/c1-17(28(18(2)29)33-32-19(3)30)20-8-10-21(11-9-20)22-12-14-23(15-13-22)31-16-26-27-24-6-4-5-7-25(24)34-26/h4-15,17H,16H2,1-3H3. The van der Waals surface area contributed by atoms with Gasteiger partial charge in [-0.15, -0.1) is 11.3 Å². The molecule has 1 heterocycles. The summed E-state index contributed by atoms with van der Waals surface area (Å²) in [6.07, 6.45) is 0. The predicted octanol–water partition coefficient (Wildman–Crippen LogP) is 5.86. The molecule has 7 nitrogen and oxygen atoms in total. The van der Waals surface area contributed by atoms with Gasteiger partial charge in [-0.2, -0.15) is 5.06 Å². The minimum absolute atomic E-state index is 0.376. The zero-order valence-corrected chi connectivity index (χ0v) is 19.9. The summed E-state index contributed by atoms with van der Waals surface area (Å²) in [7, 11) is 0. The van der Waals surface area contributed by atoms with Gasteiger partial charge in [0.2, 0.25) is 5.91 Å². The normalized spacial score (nSPS) is 11.7. The lowest BCUT2D eigenvalue weighted by Crippen LogP contribution is -2.32. The molecule has 4 rings (SSSR count). The van der Waals surface area contributed by atoms with Gasteiger partial charge in [0.1, 0.15) is 17.4 Å². The molecule has 0 aliphatic rings. The number of hydrogen-bond donors (Lipinski definition) is 0. The van der Waals surface area contributed by atoms with E-state index in [2.05, 4.69) is 15.9 Å². The zero-order valence-electron chi connectivity index (χ0n) is 19.1. The minimum atomic E-state index is -0.638. The summed E-state index contributed by atoms with van der Waals surface area (Å²) in [5.41, 5.74) is 3.88. The highest BCUT2D eigenvalue weighted by atomic mass is 32.1. The third-order valence-electron chi connectivity index (χ3n) is 5.18. The average molecular weight is 477 g/mol. The number of aromatic nitrogens is 1. The van der Waals surface area contributed by atoms with Gasteiger partial charge in [0.05, 0.1) is 16.3 Å². The number of hydrogen-bond acceptors (Lipinski definition) is 7. The maximum Gasteiger partial charge on any atom is 0.342 e. The van der Waals surface area contributed by atoms with Crippen LogP contribution in [0.1, 0.15) is 37.4 Å². The first-order chi connectivity index (χ1) is 16.4. The van der Waals surface area contributed by atoms with E-state index in [1.54, 1.807) is 18.3 Å². The van der Waals surface area contributed by atoms with Crippen LogP contribution in [-0.4, -0.2) is 21.9 Å². The molecular formula is C26H24N2O5S. The molecule has 3 aromatic carbocycles. The van der Waals surface area contributed by atoms with E-state index in [1.807, 2.05) is 66.7 Å².